The number of carbonyl (C=O) groups excluding carboxylic acids is 1. The van der Waals surface area contributed by atoms with E-state index in [0.29, 0.717) is 6.54 Å². The highest BCUT2D eigenvalue weighted by atomic mass is 35.5. The van der Waals surface area contributed by atoms with Crippen LogP contribution < -0.4 is 9.62 Å². The summed E-state index contributed by atoms with van der Waals surface area (Å²) in [7, 11) is -4.27. The molecule has 0 aliphatic heterocycles. The van der Waals surface area contributed by atoms with Crippen molar-refractivity contribution in [2.45, 2.75) is 37.0 Å². The van der Waals surface area contributed by atoms with Crippen LogP contribution >= 0.6 is 11.6 Å². The molecule has 0 spiro atoms. The van der Waals surface area contributed by atoms with Crippen molar-refractivity contribution < 1.29 is 18.1 Å². The van der Waals surface area contributed by atoms with E-state index in [-0.39, 0.29) is 15.6 Å². The van der Waals surface area contributed by atoms with Gasteiger partial charge in [-0.15, -0.1) is 0 Å². The molecular formula is C22H24ClN3O5S. The summed E-state index contributed by atoms with van der Waals surface area (Å²) in [6, 6.07) is 11.4. The number of benzene rings is 2. The molecule has 0 atom stereocenters. The lowest BCUT2D eigenvalue weighted by molar-refractivity contribution is -0.384. The fourth-order valence-electron chi connectivity index (χ4n) is 3.51. The maximum absolute atomic E-state index is 13.3. The Bertz CT molecular complexity index is 1120. The Morgan fingerprint density at radius 1 is 1.16 bits per heavy atom. The van der Waals surface area contributed by atoms with Crippen LogP contribution in [0.15, 0.2) is 65.1 Å². The first-order valence-electron chi connectivity index (χ1n) is 10.3. The maximum Gasteiger partial charge on any atom is 0.289 e. The minimum Gasteiger partial charge on any atom is -0.354 e. The second kappa shape index (κ2) is 10.6. The number of halogens is 1. The standard InChI is InChI=1S/C22H24ClN3O5S/c23-20-12-11-19(15-21(20)26(28)29)32(30,31)25(18-9-5-2-6-10-18)16-22(27)24-14-13-17-7-3-1-4-8-17/h2,5-7,9-12,15H,1,3-4,8,13-14,16H2,(H,24,27). The predicted octanol–water partition coefficient (Wildman–Crippen LogP) is 4.45. The van der Waals surface area contributed by atoms with Gasteiger partial charge in [0.25, 0.3) is 15.7 Å². The molecule has 0 fully saturated rings. The number of anilines is 1. The Hall–Kier alpha value is -2.91. The quantitative estimate of drug-likeness (QED) is 0.326. The van der Waals surface area contributed by atoms with Gasteiger partial charge in [0.15, 0.2) is 0 Å². The zero-order chi connectivity index (χ0) is 23.1. The van der Waals surface area contributed by atoms with Crippen LogP contribution in [-0.2, 0) is 14.8 Å². The van der Waals surface area contributed by atoms with Crippen molar-refractivity contribution in [2.75, 3.05) is 17.4 Å². The van der Waals surface area contributed by atoms with Gasteiger partial charge in [-0.25, -0.2) is 8.42 Å². The molecule has 1 amide bonds. The maximum atomic E-state index is 13.3. The third-order valence-electron chi connectivity index (χ3n) is 5.19. The van der Waals surface area contributed by atoms with Crippen LogP contribution in [0, 0.1) is 10.1 Å². The number of sulfonamides is 1. The molecule has 10 heteroatoms. The second-order valence-corrected chi connectivity index (χ2v) is 9.70. The van der Waals surface area contributed by atoms with Crippen molar-refractivity contribution >= 4 is 38.9 Å². The lowest BCUT2D eigenvalue weighted by Gasteiger charge is -2.24. The number of nitro benzene ring substituents is 1. The number of nitrogens with zero attached hydrogens (tertiary/aromatic N) is 2. The molecule has 0 saturated carbocycles. The summed E-state index contributed by atoms with van der Waals surface area (Å²) >= 11 is 5.82. The van der Waals surface area contributed by atoms with Crippen molar-refractivity contribution in [2.24, 2.45) is 0 Å². The summed E-state index contributed by atoms with van der Waals surface area (Å²) in [6.45, 7) is -0.0401. The molecule has 0 radical (unpaired) electrons. The van der Waals surface area contributed by atoms with E-state index in [0.717, 1.165) is 42.1 Å². The average Bonchev–Trinajstić information content (AvgIpc) is 2.78. The number of carbonyl (C=O) groups is 1. The van der Waals surface area contributed by atoms with Crippen LogP contribution in [0.5, 0.6) is 0 Å². The molecule has 0 saturated heterocycles. The van der Waals surface area contributed by atoms with Gasteiger partial charge < -0.3 is 5.32 Å². The van der Waals surface area contributed by atoms with Gasteiger partial charge >= 0.3 is 0 Å². The molecule has 32 heavy (non-hydrogen) atoms. The van der Waals surface area contributed by atoms with Crippen molar-refractivity contribution in [3.8, 4) is 0 Å². The molecule has 2 aromatic rings. The number of nitrogens with one attached hydrogen (secondary N) is 1. The van der Waals surface area contributed by atoms with Gasteiger partial charge in [-0.3, -0.25) is 19.2 Å². The van der Waals surface area contributed by atoms with Crippen LogP contribution in [0.25, 0.3) is 0 Å². The normalized spacial score (nSPS) is 13.8. The monoisotopic (exact) mass is 477 g/mol. The summed E-state index contributed by atoms with van der Waals surface area (Å²) in [5, 5.41) is 13.8. The van der Waals surface area contributed by atoms with Gasteiger partial charge in [0.05, 0.1) is 15.5 Å². The zero-order valence-corrected chi connectivity index (χ0v) is 18.9. The number of hydrogen-bond acceptors (Lipinski definition) is 5. The third-order valence-corrected chi connectivity index (χ3v) is 7.28. The molecule has 1 aliphatic rings. The van der Waals surface area contributed by atoms with Gasteiger partial charge in [0, 0.05) is 12.6 Å². The topological polar surface area (TPSA) is 110 Å². The van der Waals surface area contributed by atoms with Crippen molar-refractivity contribution in [1.29, 1.82) is 0 Å². The molecular weight excluding hydrogens is 454 g/mol. The van der Waals surface area contributed by atoms with E-state index in [1.165, 1.54) is 18.1 Å². The van der Waals surface area contributed by atoms with E-state index in [4.69, 9.17) is 11.6 Å². The first kappa shape index (κ1) is 23.7. The molecule has 1 N–H and O–H groups in total. The molecule has 8 nitrogen and oxygen atoms in total. The highest BCUT2D eigenvalue weighted by Gasteiger charge is 2.29. The Balaban J connectivity index is 1.81. The Morgan fingerprint density at radius 2 is 1.91 bits per heavy atom. The lowest BCUT2D eigenvalue weighted by atomic mass is 9.97. The highest BCUT2D eigenvalue weighted by molar-refractivity contribution is 7.92. The van der Waals surface area contributed by atoms with Crippen LogP contribution in [-0.4, -0.2) is 32.3 Å². The molecule has 0 heterocycles. The van der Waals surface area contributed by atoms with Gasteiger partial charge in [0.1, 0.15) is 11.6 Å². The minimum atomic E-state index is -4.27. The van der Waals surface area contributed by atoms with Gasteiger partial charge in [-0.2, -0.15) is 0 Å². The van der Waals surface area contributed by atoms with E-state index >= 15 is 0 Å². The van der Waals surface area contributed by atoms with Gasteiger partial charge in [-0.1, -0.05) is 41.4 Å². The first-order chi connectivity index (χ1) is 15.3. The average molecular weight is 478 g/mol. The fraction of sp³-hybridized carbons (Fsp3) is 0.318. The van der Waals surface area contributed by atoms with Crippen LogP contribution in [0.2, 0.25) is 5.02 Å². The SMILES string of the molecule is O=C(CN(c1ccccc1)S(=O)(=O)c1ccc(Cl)c([N+](=O)[O-])c1)NCCC1=CCCCC1. The number of hydrogen-bond donors (Lipinski definition) is 1. The lowest BCUT2D eigenvalue weighted by Crippen LogP contribution is -2.41. The Labute approximate surface area is 192 Å². The molecule has 1 aliphatic carbocycles. The number of allylic oxidation sites excluding steroid dienone is 1. The van der Waals surface area contributed by atoms with Crippen molar-refractivity contribution in [1.82, 2.24) is 5.32 Å². The Kier molecular flexibility index (Phi) is 7.87. The highest BCUT2D eigenvalue weighted by Crippen LogP contribution is 2.30. The largest absolute Gasteiger partial charge is 0.354 e. The smallest absolute Gasteiger partial charge is 0.289 e. The number of para-hydroxylation sites is 1. The van der Waals surface area contributed by atoms with E-state index in [1.807, 2.05) is 0 Å². The van der Waals surface area contributed by atoms with E-state index in [2.05, 4.69) is 11.4 Å². The van der Waals surface area contributed by atoms with E-state index < -0.39 is 33.1 Å². The number of amides is 1. The van der Waals surface area contributed by atoms with Crippen LogP contribution in [0.3, 0.4) is 0 Å². The van der Waals surface area contributed by atoms with Gasteiger partial charge in [-0.05, 0) is 56.4 Å². The summed E-state index contributed by atoms with van der Waals surface area (Å²) in [5.41, 5.74) is 1.05. The molecule has 3 rings (SSSR count). The summed E-state index contributed by atoms with van der Waals surface area (Å²) in [4.78, 5) is 22.8. The predicted molar refractivity (Wildman–Crippen MR) is 123 cm³/mol. The summed E-state index contributed by atoms with van der Waals surface area (Å²) in [5.74, 6) is -0.461. The number of rotatable bonds is 9. The fourth-order valence-corrected chi connectivity index (χ4v) is 5.14. The zero-order valence-electron chi connectivity index (χ0n) is 17.4. The molecule has 0 bridgehead atoms. The van der Waals surface area contributed by atoms with Crippen LogP contribution in [0.1, 0.15) is 32.1 Å². The third kappa shape index (κ3) is 5.86. The molecule has 0 unspecified atom stereocenters. The second-order valence-electron chi connectivity index (χ2n) is 7.43. The first-order valence-corrected chi connectivity index (χ1v) is 12.1. The van der Waals surface area contributed by atoms with Gasteiger partial charge in [0.2, 0.25) is 5.91 Å². The van der Waals surface area contributed by atoms with Crippen LogP contribution in [0.4, 0.5) is 11.4 Å². The van der Waals surface area contributed by atoms with E-state index in [1.54, 1.807) is 30.3 Å². The van der Waals surface area contributed by atoms with Crippen molar-refractivity contribution in [3.63, 3.8) is 0 Å². The summed E-state index contributed by atoms with van der Waals surface area (Å²) in [6.07, 6.45) is 7.33. The molecule has 0 aromatic heterocycles. The van der Waals surface area contributed by atoms with E-state index in [9.17, 15) is 23.3 Å². The Morgan fingerprint density at radius 3 is 2.56 bits per heavy atom. The number of nitro groups is 1. The minimum absolute atomic E-state index is 0.171. The summed E-state index contributed by atoms with van der Waals surface area (Å²) < 4.78 is 27.6. The van der Waals surface area contributed by atoms with Crippen molar-refractivity contribution in [3.05, 3.63) is 75.3 Å². The molecule has 170 valence electrons. The molecule has 2 aromatic carbocycles.